The summed E-state index contributed by atoms with van der Waals surface area (Å²) in [6, 6.07) is 3.43. The molecule has 0 saturated carbocycles. The number of nitrogens with zero attached hydrogens (tertiary/aromatic N) is 2. The first-order valence-corrected chi connectivity index (χ1v) is 13.9. The Balaban J connectivity index is 1.61. The van der Waals surface area contributed by atoms with E-state index in [9.17, 15) is 18.0 Å². The van der Waals surface area contributed by atoms with Gasteiger partial charge < -0.3 is 15.0 Å². The van der Waals surface area contributed by atoms with Crippen LogP contribution in [0.4, 0.5) is 5.69 Å². The predicted molar refractivity (Wildman–Crippen MR) is 131 cm³/mol. The van der Waals surface area contributed by atoms with Gasteiger partial charge in [0.2, 0.25) is 21.8 Å². The number of halogens is 1. The second-order valence-electron chi connectivity index (χ2n) is 8.80. The number of benzene rings is 1. The smallest absolute Gasteiger partial charge is 0.244 e. The molecule has 8 nitrogen and oxygen atoms in total. The van der Waals surface area contributed by atoms with Gasteiger partial charge in [0.25, 0.3) is 0 Å². The SMILES string of the molecule is CCC(=O)N1CCc2cc(Br)c(S(=O)(=O)N3CCC(C(=O)NCCCOC(C)C)CC3)cc21. The third-order valence-corrected chi connectivity index (χ3v) is 9.00. The van der Waals surface area contributed by atoms with E-state index in [-0.39, 0.29) is 41.8 Å². The standard InChI is InChI=1S/C23H34BrN3O5S/c1-4-22(28)27-12-8-18-14-19(24)21(15-20(18)27)33(30,31)26-10-6-17(7-11-26)23(29)25-9-5-13-32-16(2)3/h14-17H,4-13H2,1-3H3,(H,25,29). The molecule has 1 N–H and O–H groups in total. The lowest BCUT2D eigenvalue weighted by atomic mass is 9.97. The molecular weight excluding hydrogens is 510 g/mol. The highest BCUT2D eigenvalue weighted by Gasteiger charge is 2.35. The number of sulfonamides is 1. The third-order valence-electron chi connectivity index (χ3n) is 6.15. The molecule has 33 heavy (non-hydrogen) atoms. The summed E-state index contributed by atoms with van der Waals surface area (Å²) in [4.78, 5) is 26.6. The van der Waals surface area contributed by atoms with E-state index in [4.69, 9.17) is 4.74 Å². The first-order chi connectivity index (χ1) is 15.6. The summed E-state index contributed by atoms with van der Waals surface area (Å²) in [6.45, 7) is 8.06. The van der Waals surface area contributed by atoms with Gasteiger partial charge in [-0.15, -0.1) is 0 Å². The van der Waals surface area contributed by atoms with Gasteiger partial charge in [-0.05, 0) is 73.2 Å². The molecule has 0 aliphatic carbocycles. The van der Waals surface area contributed by atoms with Crippen molar-refractivity contribution in [1.29, 1.82) is 0 Å². The molecule has 2 aliphatic rings. The Morgan fingerprint density at radius 3 is 2.55 bits per heavy atom. The number of hydrogen-bond donors (Lipinski definition) is 1. The zero-order valence-electron chi connectivity index (χ0n) is 19.6. The molecule has 3 rings (SSSR count). The minimum absolute atomic E-state index is 0.0120. The van der Waals surface area contributed by atoms with E-state index in [1.165, 1.54) is 4.31 Å². The molecule has 2 aliphatic heterocycles. The molecule has 1 fully saturated rings. The van der Waals surface area contributed by atoms with Gasteiger partial charge in [-0.3, -0.25) is 9.59 Å². The molecule has 0 radical (unpaired) electrons. The fraction of sp³-hybridized carbons (Fsp3) is 0.652. The molecule has 0 spiro atoms. The van der Waals surface area contributed by atoms with Crippen LogP contribution in [0.3, 0.4) is 0 Å². The molecule has 0 bridgehead atoms. The summed E-state index contributed by atoms with van der Waals surface area (Å²) in [7, 11) is -3.75. The largest absolute Gasteiger partial charge is 0.379 e. The Labute approximate surface area is 205 Å². The van der Waals surface area contributed by atoms with E-state index in [1.807, 2.05) is 19.9 Å². The van der Waals surface area contributed by atoms with Crippen molar-refractivity contribution in [2.75, 3.05) is 37.7 Å². The van der Waals surface area contributed by atoms with Crippen LogP contribution in [-0.2, 0) is 30.8 Å². The average molecular weight is 545 g/mol. The molecular formula is C23H34BrN3O5S. The summed E-state index contributed by atoms with van der Waals surface area (Å²) < 4.78 is 34.2. The summed E-state index contributed by atoms with van der Waals surface area (Å²) in [5.74, 6) is -0.227. The van der Waals surface area contributed by atoms with Gasteiger partial charge in [-0.2, -0.15) is 4.31 Å². The molecule has 184 valence electrons. The lowest BCUT2D eigenvalue weighted by molar-refractivity contribution is -0.126. The topological polar surface area (TPSA) is 96.0 Å². The van der Waals surface area contributed by atoms with E-state index < -0.39 is 10.0 Å². The first kappa shape index (κ1) is 26.1. The van der Waals surface area contributed by atoms with Crippen molar-refractivity contribution in [3.8, 4) is 0 Å². The Hall–Kier alpha value is -1.49. The van der Waals surface area contributed by atoms with Gasteiger partial charge in [0, 0.05) is 55.3 Å². The van der Waals surface area contributed by atoms with Crippen molar-refractivity contribution < 1.29 is 22.7 Å². The fourth-order valence-electron chi connectivity index (χ4n) is 4.28. The van der Waals surface area contributed by atoms with Crippen molar-refractivity contribution in [2.24, 2.45) is 5.92 Å². The summed E-state index contributed by atoms with van der Waals surface area (Å²) in [5.41, 5.74) is 1.65. The van der Waals surface area contributed by atoms with Crippen LogP contribution < -0.4 is 10.2 Å². The fourth-order valence-corrected chi connectivity index (χ4v) is 6.82. The Morgan fingerprint density at radius 1 is 1.21 bits per heavy atom. The molecule has 1 saturated heterocycles. The quantitative estimate of drug-likeness (QED) is 0.483. The Bertz CT molecular complexity index is 975. The molecule has 1 aromatic carbocycles. The second kappa shape index (κ2) is 11.3. The normalized spacial score (nSPS) is 17.4. The maximum Gasteiger partial charge on any atom is 0.244 e. The summed E-state index contributed by atoms with van der Waals surface area (Å²) in [5, 5.41) is 2.94. The van der Waals surface area contributed by atoms with Crippen molar-refractivity contribution in [1.82, 2.24) is 9.62 Å². The molecule has 2 amide bonds. The number of carbonyl (C=O) groups excluding carboxylic acids is 2. The van der Waals surface area contributed by atoms with E-state index in [1.54, 1.807) is 17.9 Å². The highest BCUT2D eigenvalue weighted by molar-refractivity contribution is 9.10. The van der Waals surface area contributed by atoms with Crippen molar-refractivity contribution in [3.05, 3.63) is 22.2 Å². The third kappa shape index (κ3) is 6.15. The highest BCUT2D eigenvalue weighted by Crippen LogP contribution is 2.37. The van der Waals surface area contributed by atoms with Crippen LogP contribution in [0.25, 0.3) is 0 Å². The summed E-state index contributed by atoms with van der Waals surface area (Å²) in [6.07, 6.45) is 2.98. The zero-order valence-corrected chi connectivity index (χ0v) is 22.0. The van der Waals surface area contributed by atoms with E-state index >= 15 is 0 Å². The van der Waals surface area contributed by atoms with Crippen molar-refractivity contribution >= 4 is 43.5 Å². The number of piperidine rings is 1. The Morgan fingerprint density at radius 2 is 1.91 bits per heavy atom. The number of nitrogens with one attached hydrogen (secondary N) is 1. The summed E-state index contributed by atoms with van der Waals surface area (Å²) >= 11 is 3.43. The number of hydrogen-bond acceptors (Lipinski definition) is 5. The van der Waals surface area contributed by atoms with Crippen molar-refractivity contribution in [2.45, 2.75) is 63.9 Å². The molecule has 10 heteroatoms. The van der Waals surface area contributed by atoms with Crippen LogP contribution in [0.1, 0.15) is 52.0 Å². The molecule has 1 aromatic rings. The van der Waals surface area contributed by atoms with Gasteiger partial charge in [0.1, 0.15) is 0 Å². The molecule has 0 aromatic heterocycles. The average Bonchev–Trinajstić information content (AvgIpc) is 3.20. The lowest BCUT2D eigenvalue weighted by Crippen LogP contribution is -2.43. The minimum Gasteiger partial charge on any atom is -0.379 e. The zero-order chi connectivity index (χ0) is 24.2. The number of carbonyl (C=O) groups is 2. The molecule has 0 unspecified atom stereocenters. The lowest BCUT2D eigenvalue weighted by Gasteiger charge is -2.31. The van der Waals surface area contributed by atoms with Crippen LogP contribution in [0.15, 0.2) is 21.5 Å². The number of anilines is 1. The van der Waals surface area contributed by atoms with E-state index in [2.05, 4.69) is 21.2 Å². The maximum atomic E-state index is 13.4. The van der Waals surface area contributed by atoms with Crippen LogP contribution in [0.2, 0.25) is 0 Å². The van der Waals surface area contributed by atoms with E-state index in [0.717, 1.165) is 12.0 Å². The number of rotatable bonds is 9. The van der Waals surface area contributed by atoms with Crippen LogP contribution in [0, 0.1) is 5.92 Å². The van der Waals surface area contributed by atoms with Gasteiger partial charge in [-0.25, -0.2) is 8.42 Å². The maximum absolute atomic E-state index is 13.4. The van der Waals surface area contributed by atoms with Gasteiger partial charge in [-0.1, -0.05) is 6.92 Å². The van der Waals surface area contributed by atoms with Gasteiger partial charge in [0.15, 0.2) is 0 Å². The van der Waals surface area contributed by atoms with Crippen LogP contribution in [-0.4, -0.2) is 63.4 Å². The molecule has 2 heterocycles. The Kier molecular flexibility index (Phi) is 8.94. The van der Waals surface area contributed by atoms with Gasteiger partial charge in [0.05, 0.1) is 11.0 Å². The highest BCUT2D eigenvalue weighted by atomic mass is 79.9. The second-order valence-corrected chi connectivity index (χ2v) is 11.6. The van der Waals surface area contributed by atoms with Crippen molar-refractivity contribution in [3.63, 3.8) is 0 Å². The van der Waals surface area contributed by atoms with Crippen LogP contribution in [0.5, 0.6) is 0 Å². The minimum atomic E-state index is -3.75. The molecule has 0 atom stereocenters. The predicted octanol–water partition coefficient (Wildman–Crippen LogP) is 3.08. The first-order valence-electron chi connectivity index (χ1n) is 11.7. The number of ether oxygens (including phenoxy) is 1. The number of fused-ring (bicyclic) bond motifs is 1. The monoisotopic (exact) mass is 543 g/mol. The van der Waals surface area contributed by atoms with E-state index in [0.29, 0.717) is 55.5 Å². The van der Waals surface area contributed by atoms with Gasteiger partial charge >= 0.3 is 0 Å². The van der Waals surface area contributed by atoms with Crippen LogP contribution >= 0.6 is 15.9 Å². The number of amides is 2.